The van der Waals surface area contributed by atoms with Gasteiger partial charge in [0.25, 0.3) is 0 Å². The average molecular weight is 486 g/mol. The molecular formula is C26H35N3O4S. The molecule has 1 unspecified atom stereocenters. The molecule has 4 rings (SSSR count). The normalized spacial score (nSPS) is 20.2. The number of fused-ring (bicyclic) bond motifs is 2. The third kappa shape index (κ3) is 4.11. The van der Waals surface area contributed by atoms with E-state index < -0.39 is 0 Å². The molecule has 0 amide bonds. The summed E-state index contributed by atoms with van der Waals surface area (Å²) in [6.07, 6.45) is 4.33. The molecule has 2 aromatic rings. The molecule has 1 spiro atoms. The second kappa shape index (κ2) is 9.66. The van der Waals surface area contributed by atoms with E-state index in [2.05, 4.69) is 50.9 Å². The molecule has 0 saturated heterocycles. The highest BCUT2D eigenvalue weighted by Gasteiger charge is 2.57. The van der Waals surface area contributed by atoms with Crippen molar-refractivity contribution in [2.45, 2.75) is 68.1 Å². The van der Waals surface area contributed by atoms with Gasteiger partial charge in [0.1, 0.15) is 5.75 Å². The molecule has 34 heavy (non-hydrogen) atoms. The Morgan fingerprint density at radius 3 is 2.65 bits per heavy atom. The first-order valence-corrected chi connectivity index (χ1v) is 12.9. The number of likely N-dealkylation sites (N-methyl/N-ethyl adjacent to an activating group) is 1. The van der Waals surface area contributed by atoms with Crippen molar-refractivity contribution in [1.82, 2.24) is 0 Å². The van der Waals surface area contributed by atoms with E-state index in [-0.39, 0.29) is 20.9 Å². The van der Waals surface area contributed by atoms with Crippen molar-refractivity contribution in [3.63, 3.8) is 0 Å². The van der Waals surface area contributed by atoms with Crippen LogP contribution in [0.4, 0.5) is 11.4 Å². The lowest BCUT2D eigenvalue weighted by Crippen LogP contribution is -2.53. The summed E-state index contributed by atoms with van der Waals surface area (Å²) in [7, 11) is 2.15. The van der Waals surface area contributed by atoms with Gasteiger partial charge < -0.3 is 20.1 Å². The van der Waals surface area contributed by atoms with Gasteiger partial charge in [-0.25, -0.2) is 0 Å². The third-order valence-electron chi connectivity index (χ3n) is 7.25. The number of nitrogens with two attached hydrogens (primary N) is 1. The maximum Gasteiger partial charge on any atom is 0.311 e. The first-order chi connectivity index (χ1) is 16.2. The molecule has 2 aliphatic rings. The number of rotatable bonds is 9. The lowest BCUT2D eigenvalue weighted by molar-refractivity contribution is -0.386. The summed E-state index contributed by atoms with van der Waals surface area (Å²) < 4.78 is 11.8. The minimum atomic E-state index is -0.329. The Bertz CT molecular complexity index is 1070. The summed E-state index contributed by atoms with van der Waals surface area (Å²) in [5, 5.41) is 11.7. The van der Waals surface area contributed by atoms with E-state index in [0.717, 1.165) is 48.3 Å². The van der Waals surface area contributed by atoms with Gasteiger partial charge in [0.15, 0.2) is 5.75 Å². The Hall–Kier alpha value is -2.45. The molecule has 2 aromatic carbocycles. The number of nitro groups is 1. The topological polar surface area (TPSA) is 90.9 Å². The second-order valence-electron chi connectivity index (χ2n) is 9.63. The first-order valence-electron chi connectivity index (χ1n) is 12.1. The van der Waals surface area contributed by atoms with Crippen LogP contribution in [0.25, 0.3) is 0 Å². The molecule has 7 nitrogen and oxygen atoms in total. The summed E-state index contributed by atoms with van der Waals surface area (Å²) in [6.45, 7) is 8.37. The van der Waals surface area contributed by atoms with Crippen molar-refractivity contribution < 1.29 is 14.4 Å². The Kier molecular flexibility index (Phi) is 7.01. The van der Waals surface area contributed by atoms with Crippen LogP contribution in [0.2, 0.25) is 0 Å². The van der Waals surface area contributed by atoms with Crippen LogP contribution in [-0.4, -0.2) is 36.6 Å². The van der Waals surface area contributed by atoms with Gasteiger partial charge in [-0.15, -0.1) is 0 Å². The van der Waals surface area contributed by atoms with Crippen molar-refractivity contribution in [2.75, 3.05) is 31.7 Å². The standard InChI is InChI=1S/C26H35N3O4S/c1-5-6-13-33-23-17-24-18(15-22(23)29(30)31)10-11-26(34-24)25(2,3)20-9-8-19(32-14-7-12-27)16-21(20)28(26)4/h8-9,15-17H,5-7,10-14,27H2,1-4H3. The second-order valence-corrected chi connectivity index (χ2v) is 10.9. The Balaban J connectivity index is 1.68. The molecule has 8 heteroatoms. The molecule has 0 fully saturated rings. The largest absolute Gasteiger partial charge is 0.493 e. The molecule has 2 N–H and O–H groups in total. The molecule has 2 aliphatic heterocycles. The van der Waals surface area contributed by atoms with E-state index in [1.165, 1.54) is 11.3 Å². The van der Waals surface area contributed by atoms with E-state index in [9.17, 15) is 10.1 Å². The van der Waals surface area contributed by atoms with Crippen LogP contribution in [0.1, 0.15) is 57.6 Å². The fourth-order valence-electron chi connectivity index (χ4n) is 5.19. The highest BCUT2D eigenvalue weighted by atomic mass is 32.2. The van der Waals surface area contributed by atoms with Crippen LogP contribution in [-0.2, 0) is 11.8 Å². The number of nitro benzene ring substituents is 1. The first kappa shape index (κ1) is 24.7. The summed E-state index contributed by atoms with van der Waals surface area (Å²) in [5.41, 5.74) is 9.02. The average Bonchev–Trinajstić information content (AvgIpc) is 2.96. The summed E-state index contributed by atoms with van der Waals surface area (Å²) in [5.74, 6) is 1.23. The molecule has 1 atom stereocenters. The maximum absolute atomic E-state index is 11.7. The number of thioether (sulfide) groups is 1. The highest BCUT2D eigenvalue weighted by molar-refractivity contribution is 8.01. The van der Waals surface area contributed by atoms with Gasteiger partial charge in [-0.05, 0) is 49.4 Å². The molecular weight excluding hydrogens is 450 g/mol. The minimum Gasteiger partial charge on any atom is -0.493 e. The van der Waals surface area contributed by atoms with Crippen LogP contribution in [0.5, 0.6) is 11.5 Å². The zero-order chi connectivity index (χ0) is 24.5. The summed E-state index contributed by atoms with van der Waals surface area (Å²) in [6, 6.07) is 9.98. The molecule has 0 aliphatic carbocycles. The molecule has 184 valence electrons. The van der Waals surface area contributed by atoms with Crippen LogP contribution < -0.4 is 20.1 Å². The highest BCUT2D eigenvalue weighted by Crippen LogP contribution is 2.62. The smallest absolute Gasteiger partial charge is 0.311 e. The fourth-order valence-corrected chi connectivity index (χ4v) is 6.81. The van der Waals surface area contributed by atoms with E-state index >= 15 is 0 Å². The van der Waals surface area contributed by atoms with Gasteiger partial charge in [-0.3, -0.25) is 10.1 Å². The molecule has 0 saturated carbocycles. The van der Waals surface area contributed by atoms with E-state index in [4.69, 9.17) is 15.2 Å². The number of anilines is 1. The minimum absolute atomic E-state index is 0.0630. The van der Waals surface area contributed by atoms with Crippen LogP contribution in [0, 0.1) is 10.1 Å². The van der Waals surface area contributed by atoms with Crippen molar-refractivity contribution in [3.8, 4) is 11.5 Å². The zero-order valence-corrected chi connectivity index (χ0v) is 21.4. The number of benzene rings is 2. The van der Waals surface area contributed by atoms with Gasteiger partial charge in [0.05, 0.1) is 23.0 Å². The van der Waals surface area contributed by atoms with Gasteiger partial charge >= 0.3 is 5.69 Å². The number of hydrogen-bond acceptors (Lipinski definition) is 7. The number of aryl methyl sites for hydroxylation is 1. The predicted octanol–water partition coefficient (Wildman–Crippen LogP) is 5.66. The van der Waals surface area contributed by atoms with E-state index in [0.29, 0.717) is 25.5 Å². The van der Waals surface area contributed by atoms with Gasteiger partial charge in [-0.1, -0.05) is 45.0 Å². The number of ether oxygens (including phenoxy) is 2. The summed E-state index contributed by atoms with van der Waals surface area (Å²) >= 11 is 1.81. The molecule has 0 radical (unpaired) electrons. The maximum atomic E-state index is 11.7. The van der Waals surface area contributed by atoms with Crippen molar-refractivity contribution in [3.05, 3.63) is 51.6 Å². The SMILES string of the molecule is CCCCOc1cc2c(cc1[N+](=O)[O-])CCC1(S2)N(C)c2cc(OCCCN)ccc2C1(C)C. The lowest BCUT2D eigenvalue weighted by Gasteiger charge is -2.48. The van der Waals surface area contributed by atoms with Crippen molar-refractivity contribution in [2.24, 2.45) is 5.73 Å². The monoisotopic (exact) mass is 485 g/mol. The Morgan fingerprint density at radius 1 is 1.18 bits per heavy atom. The van der Waals surface area contributed by atoms with Gasteiger partial charge in [0.2, 0.25) is 0 Å². The fraction of sp³-hybridized carbons (Fsp3) is 0.538. The van der Waals surface area contributed by atoms with Gasteiger partial charge in [0, 0.05) is 41.2 Å². The molecule has 0 bridgehead atoms. The number of nitrogens with zero attached hydrogens (tertiary/aromatic N) is 2. The Morgan fingerprint density at radius 2 is 1.94 bits per heavy atom. The van der Waals surface area contributed by atoms with Crippen LogP contribution >= 0.6 is 11.8 Å². The zero-order valence-electron chi connectivity index (χ0n) is 20.6. The van der Waals surface area contributed by atoms with Crippen LogP contribution in [0.15, 0.2) is 35.2 Å². The molecule has 0 aromatic heterocycles. The predicted molar refractivity (Wildman–Crippen MR) is 137 cm³/mol. The van der Waals surface area contributed by atoms with Gasteiger partial charge in [-0.2, -0.15) is 0 Å². The summed E-state index contributed by atoms with van der Waals surface area (Å²) in [4.78, 5) is 14.6. The third-order valence-corrected chi connectivity index (χ3v) is 9.17. The van der Waals surface area contributed by atoms with E-state index in [1.54, 1.807) is 17.8 Å². The Labute approximate surface area is 206 Å². The number of hydrogen-bond donors (Lipinski definition) is 1. The van der Waals surface area contributed by atoms with E-state index in [1.807, 2.05) is 6.07 Å². The number of unbranched alkanes of at least 4 members (excludes halogenated alkanes) is 1. The lowest BCUT2D eigenvalue weighted by atomic mass is 9.77. The quantitative estimate of drug-likeness (QED) is 0.278. The van der Waals surface area contributed by atoms with Crippen molar-refractivity contribution in [1.29, 1.82) is 0 Å². The van der Waals surface area contributed by atoms with Crippen molar-refractivity contribution >= 4 is 23.1 Å². The van der Waals surface area contributed by atoms with Crippen LogP contribution in [0.3, 0.4) is 0 Å². The molecule has 2 heterocycles.